The maximum absolute atomic E-state index is 10.2. The quantitative estimate of drug-likeness (QED) is 0.272. The Morgan fingerprint density at radius 1 is 1.05 bits per heavy atom. The number of benzene rings is 3. The fourth-order valence-electron chi connectivity index (χ4n) is 4.72. The summed E-state index contributed by atoms with van der Waals surface area (Å²) in [6.07, 6.45) is -0.418. The predicted molar refractivity (Wildman–Crippen MR) is 155 cm³/mol. The summed E-state index contributed by atoms with van der Waals surface area (Å²) in [5.74, 6) is 0.440. The van der Waals surface area contributed by atoms with Crippen molar-refractivity contribution in [2.75, 3.05) is 11.9 Å². The Morgan fingerprint density at radius 2 is 1.62 bits per heavy atom. The molecule has 6 heteroatoms. The van der Waals surface area contributed by atoms with Gasteiger partial charge < -0.3 is 25.0 Å². The summed E-state index contributed by atoms with van der Waals surface area (Å²) >= 11 is 0. The zero-order valence-electron chi connectivity index (χ0n) is 22.3. The topological polar surface area (TPSA) is 71.0 Å². The highest BCUT2D eigenvalue weighted by Crippen LogP contribution is 2.32. The van der Waals surface area contributed by atoms with Crippen molar-refractivity contribution in [1.29, 1.82) is 0 Å². The van der Waals surface area contributed by atoms with Crippen LogP contribution in [0.25, 0.3) is 22.3 Å². The Labute approximate surface area is 222 Å². The van der Waals surface area contributed by atoms with Crippen molar-refractivity contribution in [3.8, 4) is 22.3 Å². The normalized spacial score (nSPS) is 19.9. The number of rotatable bonds is 7. The van der Waals surface area contributed by atoms with E-state index >= 15 is 0 Å². The number of hydrogen-bond acceptors (Lipinski definition) is 5. The van der Waals surface area contributed by atoms with Crippen molar-refractivity contribution in [2.24, 2.45) is 0 Å². The second-order valence-electron chi connectivity index (χ2n) is 10.5. The van der Waals surface area contributed by atoms with Crippen molar-refractivity contribution < 1.29 is 19.7 Å². The highest BCUT2D eigenvalue weighted by atomic mass is 31.0. The van der Waals surface area contributed by atoms with E-state index in [1.807, 2.05) is 19.1 Å². The smallest absolute Gasteiger partial charge is 0.184 e. The molecule has 1 saturated heterocycles. The van der Waals surface area contributed by atoms with Gasteiger partial charge in [0.25, 0.3) is 0 Å². The molecule has 0 amide bonds. The molecule has 3 aromatic carbocycles. The van der Waals surface area contributed by atoms with Crippen LogP contribution < -0.4 is 10.6 Å². The predicted octanol–water partition coefficient (Wildman–Crippen LogP) is 5.80. The van der Waals surface area contributed by atoms with Crippen LogP contribution in [0.1, 0.15) is 43.9 Å². The first kappa shape index (κ1) is 27.3. The van der Waals surface area contributed by atoms with E-state index in [4.69, 9.17) is 9.47 Å². The number of nitrogens with one attached hydrogen (secondary N) is 1. The first-order valence-electron chi connectivity index (χ1n) is 12.7. The third-order valence-electron chi connectivity index (χ3n) is 7.11. The summed E-state index contributed by atoms with van der Waals surface area (Å²) in [4.78, 5) is 0. The van der Waals surface area contributed by atoms with Crippen LogP contribution in [0.15, 0.2) is 67.1 Å². The Morgan fingerprint density at radius 3 is 2.19 bits per heavy atom. The van der Waals surface area contributed by atoms with Gasteiger partial charge in [-0.05, 0) is 91.5 Å². The number of hydrogen-bond donors (Lipinski definition) is 3. The fourth-order valence-corrected chi connectivity index (χ4v) is 5.27. The van der Waals surface area contributed by atoms with Gasteiger partial charge in [0.2, 0.25) is 0 Å². The summed E-state index contributed by atoms with van der Waals surface area (Å²) in [5, 5.41) is 24.7. The summed E-state index contributed by atoms with van der Waals surface area (Å²) in [6, 6.07) is 18.7. The van der Waals surface area contributed by atoms with Gasteiger partial charge in [0.15, 0.2) is 5.88 Å². The average Bonchev–Trinajstić information content (AvgIpc) is 2.85. The van der Waals surface area contributed by atoms with Gasteiger partial charge in [-0.1, -0.05) is 48.5 Å². The van der Waals surface area contributed by atoms with E-state index in [1.165, 1.54) is 5.56 Å². The van der Waals surface area contributed by atoms with Crippen LogP contribution in [-0.4, -0.2) is 35.1 Å². The molecular weight excluding hydrogens is 481 g/mol. The molecule has 0 aliphatic carbocycles. The van der Waals surface area contributed by atoms with Gasteiger partial charge in [-0.25, -0.2) is 0 Å². The summed E-state index contributed by atoms with van der Waals surface area (Å²) in [7, 11) is 2.89. The van der Waals surface area contributed by atoms with Crippen molar-refractivity contribution in [3.05, 3.63) is 83.7 Å². The highest BCUT2D eigenvalue weighted by molar-refractivity contribution is 7.28. The van der Waals surface area contributed by atoms with E-state index in [-0.39, 0.29) is 12.2 Å². The monoisotopic (exact) mass is 519 g/mol. The molecule has 0 aromatic heterocycles. The maximum atomic E-state index is 10.2. The van der Waals surface area contributed by atoms with Gasteiger partial charge in [-0.2, -0.15) is 0 Å². The summed E-state index contributed by atoms with van der Waals surface area (Å²) < 4.78 is 11.5. The van der Waals surface area contributed by atoms with Crippen LogP contribution in [0.5, 0.6) is 0 Å². The van der Waals surface area contributed by atoms with E-state index in [2.05, 4.69) is 77.4 Å². The molecule has 1 aliphatic rings. The Bertz CT molecular complexity index is 1260. The van der Waals surface area contributed by atoms with E-state index in [9.17, 15) is 10.2 Å². The SMILES string of the molecule is C=C(Nc1cc(C)c(-c2ccc(-c3ccc(C(C)(C)O)cc3)cc2)c(P)c1C)O[C@H]1COC(C)[C@@H](O)C1. The molecule has 1 aliphatic heterocycles. The zero-order valence-corrected chi connectivity index (χ0v) is 23.5. The number of ether oxygens (including phenoxy) is 2. The lowest BCUT2D eigenvalue weighted by molar-refractivity contribution is -0.121. The minimum absolute atomic E-state index is 0.175. The molecule has 4 rings (SSSR count). The molecule has 3 aromatic rings. The van der Waals surface area contributed by atoms with Crippen LogP contribution in [0, 0.1) is 13.8 Å². The van der Waals surface area contributed by atoms with Crippen molar-refractivity contribution in [2.45, 2.75) is 65.0 Å². The Hall–Kier alpha value is -2.69. The lowest BCUT2D eigenvalue weighted by atomic mass is 9.93. The molecule has 1 fully saturated rings. The van der Waals surface area contributed by atoms with Gasteiger partial charge >= 0.3 is 0 Å². The van der Waals surface area contributed by atoms with Crippen LogP contribution in [0.2, 0.25) is 0 Å². The second-order valence-corrected chi connectivity index (χ2v) is 11.1. The van der Waals surface area contributed by atoms with E-state index in [1.54, 1.807) is 13.8 Å². The Balaban J connectivity index is 1.50. The average molecular weight is 520 g/mol. The first-order chi connectivity index (χ1) is 17.4. The van der Waals surface area contributed by atoms with Gasteiger partial charge in [0, 0.05) is 12.1 Å². The number of aliphatic hydroxyl groups excluding tert-OH is 1. The lowest BCUT2D eigenvalue weighted by Gasteiger charge is -2.32. The molecule has 37 heavy (non-hydrogen) atoms. The van der Waals surface area contributed by atoms with Gasteiger partial charge in [-0.15, -0.1) is 9.24 Å². The van der Waals surface area contributed by atoms with Crippen LogP contribution in [0.4, 0.5) is 5.69 Å². The lowest BCUT2D eigenvalue weighted by Crippen LogP contribution is -2.40. The Kier molecular flexibility index (Phi) is 8.11. The molecule has 4 atom stereocenters. The molecule has 2 unspecified atom stereocenters. The molecule has 5 nitrogen and oxygen atoms in total. The first-order valence-corrected chi connectivity index (χ1v) is 13.3. The minimum Gasteiger partial charge on any atom is -0.474 e. The zero-order chi connectivity index (χ0) is 26.9. The molecule has 0 spiro atoms. The van der Waals surface area contributed by atoms with Gasteiger partial charge in [0.1, 0.15) is 6.10 Å². The molecule has 196 valence electrons. The minimum atomic E-state index is -0.849. The van der Waals surface area contributed by atoms with Gasteiger partial charge in [-0.3, -0.25) is 0 Å². The standard InChI is InChI=1S/C31H38NO4P/c1-18-15-27(32-21(4)36-26-16-28(33)20(3)35-17-26)19(2)30(37)29(18)24-9-7-22(8-10-24)23-11-13-25(14-12-23)31(5,6)34/h7-15,20,26,28,32-34H,4,16-17,37H2,1-3,5-6H3/t20?,26-,28+/m1/s1. The van der Waals surface area contributed by atoms with Crippen molar-refractivity contribution in [3.63, 3.8) is 0 Å². The van der Waals surface area contributed by atoms with Crippen LogP contribution >= 0.6 is 9.24 Å². The summed E-state index contributed by atoms with van der Waals surface area (Å²) in [5.41, 5.74) is 7.78. The highest BCUT2D eigenvalue weighted by Gasteiger charge is 2.28. The van der Waals surface area contributed by atoms with E-state index < -0.39 is 11.7 Å². The number of aliphatic hydroxyl groups is 2. The molecule has 3 N–H and O–H groups in total. The third kappa shape index (κ3) is 6.25. The van der Waals surface area contributed by atoms with E-state index in [0.29, 0.717) is 18.9 Å². The third-order valence-corrected chi connectivity index (χ3v) is 7.83. The largest absolute Gasteiger partial charge is 0.474 e. The molecular formula is C31H38NO4P. The van der Waals surface area contributed by atoms with Crippen LogP contribution in [0.3, 0.4) is 0 Å². The maximum Gasteiger partial charge on any atom is 0.184 e. The van der Waals surface area contributed by atoms with Crippen molar-refractivity contribution >= 4 is 20.2 Å². The molecule has 0 radical (unpaired) electrons. The fraction of sp³-hybridized carbons (Fsp3) is 0.355. The molecule has 1 heterocycles. The van der Waals surface area contributed by atoms with Crippen molar-refractivity contribution in [1.82, 2.24) is 0 Å². The van der Waals surface area contributed by atoms with Gasteiger partial charge in [0.05, 0.1) is 24.4 Å². The van der Waals surface area contributed by atoms with E-state index in [0.717, 1.165) is 44.4 Å². The molecule has 0 bridgehead atoms. The van der Waals surface area contributed by atoms with Crippen LogP contribution in [-0.2, 0) is 15.1 Å². The summed E-state index contributed by atoms with van der Waals surface area (Å²) in [6.45, 7) is 14.1. The second kappa shape index (κ2) is 11.0. The number of aryl methyl sites for hydroxylation is 1. The molecule has 0 saturated carbocycles. The number of anilines is 1.